The smallest absolute Gasteiger partial charge is 0.232 e. The molecule has 2 aromatic rings. The summed E-state index contributed by atoms with van der Waals surface area (Å²) in [5.74, 6) is 0.840. The molecule has 0 unspecified atom stereocenters. The van der Waals surface area contributed by atoms with Crippen LogP contribution in [0.25, 0.3) is 0 Å². The Labute approximate surface area is 218 Å². The van der Waals surface area contributed by atoms with Crippen LogP contribution in [-0.4, -0.2) is 43.1 Å². The first-order chi connectivity index (χ1) is 16.9. The van der Waals surface area contributed by atoms with Crippen LogP contribution in [0.2, 0.25) is 10.0 Å². The molecular weight excluding hydrogens is 479 g/mol. The van der Waals surface area contributed by atoms with Gasteiger partial charge < -0.3 is 14.5 Å². The number of ether oxygens (including phenoxy) is 1. The van der Waals surface area contributed by atoms with Gasteiger partial charge in [0.05, 0.1) is 26.1 Å². The van der Waals surface area contributed by atoms with E-state index in [9.17, 15) is 4.79 Å². The Kier molecular flexibility index (Phi) is 7.43. The first-order valence-electron chi connectivity index (χ1n) is 13.0. The van der Waals surface area contributed by atoms with Gasteiger partial charge in [0.1, 0.15) is 18.0 Å². The fraction of sp³-hybridized carbons (Fsp3) is 0.483. The molecule has 0 atom stereocenters. The number of amides is 1. The molecule has 1 fully saturated rings. The van der Waals surface area contributed by atoms with E-state index >= 15 is 0 Å². The van der Waals surface area contributed by atoms with Crippen LogP contribution in [0.1, 0.15) is 68.4 Å². The number of piperidine rings is 1. The Morgan fingerprint density at radius 3 is 2.26 bits per heavy atom. The summed E-state index contributed by atoms with van der Waals surface area (Å²) >= 11 is 12.6. The number of likely N-dealkylation sites (N-methyl/N-ethyl adjacent to an activating group) is 1. The Bertz CT molecular complexity index is 1070. The minimum absolute atomic E-state index is 0.0100. The third-order valence-electron chi connectivity index (χ3n) is 7.90. The van der Waals surface area contributed by atoms with Crippen molar-refractivity contribution < 1.29 is 14.0 Å². The molecule has 1 N–H and O–H groups in total. The van der Waals surface area contributed by atoms with E-state index < -0.39 is 5.92 Å². The number of hydrogen-bond donors (Lipinski definition) is 1. The van der Waals surface area contributed by atoms with Crippen LogP contribution in [0.4, 0.5) is 0 Å². The SMILES string of the molecule is C[N+]1(C/C2=C/CCCCCC2)CCC(NC(=O)C2c3cc(Cl)ccc3Oc3ccc(Cl)cc32)CC1. The van der Waals surface area contributed by atoms with Gasteiger partial charge in [-0.25, -0.2) is 0 Å². The molecule has 0 radical (unpaired) electrons. The number of fused-ring (bicyclic) bond motifs is 2. The normalized spacial score (nSPS) is 26.3. The highest BCUT2D eigenvalue weighted by Crippen LogP contribution is 2.46. The maximum absolute atomic E-state index is 13.7. The first-order valence-corrected chi connectivity index (χ1v) is 13.7. The average Bonchev–Trinajstić information content (AvgIpc) is 2.81. The highest BCUT2D eigenvalue weighted by molar-refractivity contribution is 6.31. The summed E-state index contributed by atoms with van der Waals surface area (Å²) in [7, 11) is 2.38. The zero-order chi connectivity index (χ0) is 24.4. The number of likely N-dealkylation sites (tertiary alicyclic amines) is 1. The first kappa shape index (κ1) is 24.7. The van der Waals surface area contributed by atoms with Gasteiger partial charge in [-0.15, -0.1) is 0 Å². The molecule has 2 aliphatic heterocycles. The second-order valence-electron chi connectivity index (χ2n) is 10.7. The molecule has 2 heterocycles. The molecule has 0 aromatic heterocycles. The maximum atomic E-state index is 13.7. The topological polar surface area (TPSA) is 38.3 Å². The largest absolute Gasteiger partial charge is 0.457 e. The van der Waals surface area contributed by atoms with Gasteiger partial charge in [-0.3, -0.25) is 4.79 Å². The standard InChI is InChI=1S/C29H34Cl2N2O2/c1-33(19-20-7-5-3-2-4-6-8-20)15-13-23(14-16-33)32-29(34)28-24-17-21(30)9-11-26(24)35-27-12-10-22(31)18-25(27)28/h7,9-12,17-18,23,28H,2-6,8,13-16,19H2,1H3/p+1/b20-7+. The van der Waals surface area contributed by atoms with E-state index in [0.29, 0.717) is 21.5 Å². The van der Waals surface area contributed by atoms with Crippen molar-refractivity contribution in [3.05, 3.63) is 69.2 Å². The number of nitrogens with zero attached hydrogens (tertiary/aromatic N) is 1. The second kappa shape index (κ2) is 10.5. The molecule has 2 aromatic carbocycles. The summed E-state index contributed by atoms with van der Waals surface area (Å²) in [6.07, 6.45) is 12.4. The van der Waals surface area contributed by atoms with Crippen molar-refractivity contribution >= 4 is 29.1 Å². The van der Waals surface area contributed by atoms with Crippen LogP contribution < -0.4 is 10.1 Å². The fourth-order valence-corrected chi connectivity index (χ4v) is 6.28. The maximum Gasteiger partial charge on any atom is 0.232 e. The number of carbonyl (C=O) groups is 1. The summed E-state index contributed by atoms with van der Waals surface area (Å²) < 4.78 is 7.14. The van der Waals surface area contributed by atoms with Gasteiger partial charge in [0.2, 0.25) is 5.91 Å². The number of rotatable bonds is 4. The lowest BCUT2D eigenvalue weighted by atomic mass is 9.86. The van der Waals surface area contributed by atoms with Crippen molar-refractivity contribution in [3.63, 3.8) is 0 Å². The van der Waals surface area contributed by atoms with Gasteiger partial charge in [-0.1, -0.05) is 42.1 Å². The molecular formula is C29H35Cl2N2O2+. The summed E-state index contributed by atoms with van der Waals surface area (Å²) in [4.78, 5) is 13.7. The van der Waals surface area contributed by atoms with Crippen molar-refractivity contribution in [2.24, 2.45) is 0 Å². The van der Waals surface area contributed by atoms with E-state index in [0.717, 1.165) is 48.1 Å². The van der Waals surface area contributed by atoms with E-state index in [1.54, 1.807) is 17.7 Å². The van der Waals surface area contributed by atoms with Crippen LogP contribution in [0.3, 0.4) is 0 Å². The summed E-state index contributed by atoms with van der Waals surface area (Å²) in [5.41, 5.74) is 3.22. The van der Waals surface area contributed by atoms with Crippen molar-refractivity contribution in [2.75, 3.05) is 26.7 Å². The predicted octanol–water partition coefficient (Wildman–Crippen LogP) is 7.24. The van der Waals surface area contributed by atoms with Gasteiger partial charge in [-0.2, -0.15) is 0 Å². The minimum atomic E-state index is -0.492. The van der Waals surface area contributed by atoms with Crippen LogP contribution in [0, 0.1) is 0 Å². The molecule has 1 saturated heterocycles. The van der Waals surface area contributed by atoms with Crippen LogP contribution in [0.5, 0.6) is 11.5 Å². The zero-order valence-electron chi connectivity index (χ0n) is 20.5. The van der Waals surface area contributed by atoms with E-state index in [2.05, 4.69) is 18.4 Å². The highest BCUT2D eigenvalue weighted by atomic mass is 35.5. The molecule has 1 aliphatic carbocycles. The summed E-state index contributed by atoms with van der Waals surface area (Å²) in [6, 6.07) is 11.1. The number of allylic oxidation sites excluding steroid dienone is 1. The molecule has 186 valence electrons. The Morgan fingerprint density at radius 1 is 0.971 bits per heavy atom. The van der Waals surface area contributed by atoms with Crippen molar-refractivity contribution in [1.82, 2.24) is 5.32 Å². The summed E-state index contributed by atoms with van der Waals surface area (Å²) in [6.45, 7) is 3.32. The van der Waals surface area contributed by atoms with Crippen LogP contribution in [0.15, 0.2) is 48.0 Å². The van der Waals surface area contributed by atoms with E-state index in [1.165, 1.54) is 38.5 Å². The molecule has 0 spiro atoms. The predicted molar refractivity (Wildman–Crippen MR) is 143 cm³/mol. The third-order valence-corrected chi connectivity index (χ3v) is 8.37. The fourth-order valence-electron chi connectivity index (χ4n) is 5.91. The number of halogens is 2. The minimum Gasteiger partial charge on any atom is -0.457 e. The molecule has 0 bridgehead atoms. The molecule has 3 aliphatic rings. The van der Waals surface area contributed by atoms with Crippen LogP contribution >= 0.6 is 23.2 Å². The Morgan fingerprint density at radius 2 is 1.60 bits per heavy atom. The molecule has 6 heteroatoms. The Hall–Kier alpha value is -2.01. The van der Waals surface area contributed by atoms with E-state index in [1.807, 2.05) is 24.3 Å². The summed E-state index contributed by atoms with van der Waals surface area (Å²) in [5, 5.41) is 4.54. The van der Waals surface area contributed by atoms with Gasteiger partial charge in [0, 0.05) is 40.1 Å². The lowest BCUT2D eigenvalue weighted by Crippen LogP contribution is -2.55. The highest BCUT2D eigenvalue weighted by Gasteiger charge is 2.36. The molecule has 4 nitrogen and oxygen atoms in total. The van der Waals surface area contributed by atoms with Crippen LogP contribution in [-0.2, 0) is 4.79 Å². The lowest BCUT2D eigenvalue weighted by Gasteiger charge is -2.42. The Balaban J connectivity index is 1.28. The molecule has 5 rings (SSSR count). The van der Waals surface area contributed by atoms with Gasteiger partial charge in [0.25, 0.3) is 0 Å². The van der Waals surface area contributed by atoms with Crippen molar-refractivity contribution in [3.8, 4) is 11.5 Å². The number of nitrogens with one attached hydrogen (secondary N) is 1. The lowest BCUT2D eigenvalue weighted by molar-refractivity contribution is -0.910. The van der Waals surface area contributed by atoms with Crippen molar-refractivity contribution in [2.45, 2.75) is 63.3 Å². The van der Waals surface area contributed by atoms with E-state index in [4.69, 9.17) is 27.9 Å². The molecule has 35 heavy (non-hydrogen) atoms. The number of hydrogen-bond acceptors (Lipinski definition) is 2. The quantitative estimate of drug-likeness (QED) is 0.345. The van der Waals surface area contributed by atoms with Gasteiger partial charge >= 0.3 is 0 Å². The number of quaternary nitrogens is 1. The molecule has 1 amide bonds. The third kappa shape index (κ3) is 5.71. The monoisotopic (exact) mass is 513 g/mol. The van der Waals surface area contributed by atoms with E-state index in [-0.39, 0.29) is 11.9 Å². The number of benzene rings is 2. The van der Waals surface area contributed by atoms with Crippen molar-refractivity contribution in [1.29, 1.82) is 0 Å². The molecule has 0 saturated carbocycles. The number of carbonyl (C=O) groups excluding carboxylic acids is 1. The van der Waals surface area contributed by atoms with Gasteiger partial charge in [0.15, 0.2) is 0 Å². The average molecular weight is 515 g/mol. The second-order valence-corrected chi connectivity index (χ2v) is 11.6. The van der Waals surface area contributed by atoms with Gasteiger partial charge in [-0.05, 0) is 67.7 Å². The zero-order valence-corrected chi connectivity index (χ0v) is 22.0.